The van der Waals surface area contributed by atoms with Gasteiger partial charge in [-0.25, -0.2) is 0 Å². The zero-order chi connectivity index (χ0) is 20.7. The third kappa shape index (κ3) is 4.14. The van der Waals surface area contributed by atoms with Crippen molar-refractivity contribution in [3.05, 3.63) is 34.4 Å². The van der Waals surface area contributed by atoms with Crippen molar-refractivity contribution in [1.82, 2.24) is 9.88 Å². The molecule has 3 fully saturated rings. The molecule has 3 aliphatic rings. The summed E-state index contributed by atoms with van der Waals surface area (Å²) in [5.74, 6) is 0.444. The molecule has 1 unspecified atom stereocenters. The molecule has 0 bridgehead atoms. The van der Waals surface area contributed by atoms with Crippen molar-refractivity contribution in [2.24, 2.45) is 5.92 Å². The molecule has 1 aliphatic heterocycles. The van der Waals surface area contributed by atoms with Crippen LogP contribution < -0.4 is 5.32 Å². The van der Waals surface area contributed by atoms with Gasteiger partial charge in [0.25, 0.3) is 0 Å². The number of likely N-dealkylation sites (tertiary alicyclic amines) is 1. The van der Waals surface area contributed by atoms with Crippen molar-refractivity contribution in [2.75, 3.05) is 25.5 Å². The number of benzene rings is 1. The standard InChI is InChI=1S/C24H30BrN3O2/c1-30-19-10-11-28(14-19)18-7-5-17(6-8-18)27-23-20-12-16(25)4-9-22(20)26-13-21(23)24(29)15-2-3-15/h4,9,12-13,15,17-19H,2-3,5-8,10-11,14H2,1H3,(H,26,27). The zero-order valence-electron chi connectivity index (χ0n) is 17.6. The van der Waals surface area contributed by atoms with E-state index >= 15 is 0 Å². The van der Waals surface area contributed by atoms with Gasteiger partial charge in [-0.3, -0.25) is 14.7 Å². The summed E-state index contributed by atoms with van der Waals surface area (Å²) in [7, 11) is 1.83. The highest BCUT2D eigenvalue weighted by atomic mass is 79.9. The van der Waals surface area contributed by atoms with Crippen molar-refractivity contribution < 1.29 is 9.53 Å². The Morgan fingerprint density at radius 2 is 1.97 bits per heavy atom. The summed E-state index contributed by atoms with van der Waals surface area (Å²) >= 11 is 3.59. The Kier molecular flexibility index (Phi) is 5.82. The third-order valence-corrected chi connectivity index (χ3v) is 7.61. The largest absolute Gasteiger partial charge is 0.381 e. The van der Waals surface area contributed by atoms with Crippen molar-refractivity contribution >= 4 is 38.3 Å². The number of methoxy groups -OCH3 is 1. The van der Waals surface area contributed by atoms with Gasteiger partial charge in [-0.1, -0.05) is 15.9 Å². The first-order valence-electron chi connectivity index (χ1n) is 11.3. The van der Waals surface area contributed by atoms with E-state index in [-0.39, 0.29) is 11.7 Å². The van der Waals surface area contributed by atoms with Gasteiger partial charge in [0.2, 0.25) is 0 Å². The van der Waals surface area contributed by atoms with Crippen LogP contribution in [0.5, 0.6) is 0 Å². The van der Waals surface area contributed by atoms with Crippen LogP contribution in [0.25, 0.3) is 10.9 Å². The predicted octanol–water partition coefficient (Wildman–Crippen LogP) is 5.03. The number of ketones is 1. The Morgan fingerprint density at radius 1 is 1.17 bits per heavy atom. The maximum absolute atomic E-state index is 13.0. The van der Waals surface area contributed by atoms with Crippen LogP contribution in [0.2, 0.25) is 0 Å². The number of nitrogens with zero attached hydrogens (tertiary/aromatic N) is 2. The molecule has 1 saturated heterocycles. The number of pyridine rings is 1. The molecule has 2 aliphatic carbocycles. The molecule has 30 heavy (non-hydrogen) atoms. The molecule has 1 aromatic heterocycles. The number of anilines is 1. The number of nitrogens with one attached hydrogen (secondary N) is 1. The minimum atomic E-state index is 0.191. The van der Waals surface area contributed by atoms with Crippen LogP contribution >= 0.6 is 15.9 Å². The lowest BCUT2D eigenvalue weighted by Gasteiger charge is -2.35. The number of aromatic nitrogens is 1. The molecular formula is C24H30BrN3O2. The van der Waals surface area contributed by atoms with E-state index in [0.29, 0.717) is 18.2 Å². The number of hydrogen-bond acceptors (Lipinski definition) is 5. The monoisotopic (exact) mass is 471 g/mol. The van der Waals surface area contributed by atoms with Crippen molar-refractivity contribution in [1.29, 1.82) is 0 Å². The van der Waals surface area contributed by atoms with Crippen LogP contribution in [0.3, 0.4) is 0 Å². The van der Waals surface area contributed by atoms with E-state index in [9.17, 15) is 4.79 Å². The highest BCUT2D eigenvalue weighted by Gasteiger charge is 2.34. The summed E-state index contributed by atoms with van der Waals surface area (Å²) in [6.45, 7) is 2.23. The van der Waals surface area contributed by atoms with Crippen LogP contribution in [0.15, 0.2) is 28.9 Å². The minimum absolute atomic E-state index is 0.191. The average molecular weight is 472 g/mol. The Morgan fingerprint density at radius 3 is 2.67 bits per heavy atom. The summed E-state index contributed by atoms with van der Waals surface area (Å²) in [5, 5.41) is 4.83. The molecule has 0 amide bonds. The smallest absolute Gasteiger partial charge is 0.169 e. The topological polar surface area (TPSA) is 54.5 Å². The first kappa shape index (κ1) is 20.4. The summed E-state index contributed by atoms with van der Waals surface area (Å²) < 4.78 is 6.56. The van der Waals surface area contributed by atoms with Crippen molar-refractivity contribution in [2.45, 2.75) is 63.1 Å². The summed E-state index contributed by atoms with van der Waals surface area (Å²) in [6.07, 6.45) is 10.0. The molecule has 2 saturated carbocycles. The molecule has 1 aromatic carbocycles. The third-order valence-electron chi connectivity index (χ3n) is 7.11. The van der Waals surface area contributed by atoms with Crippen LogP contribution in [0, 0.1) is 5.92 Å². The highest BCUT2D eigenvalue weighted by molar-refractivity contribution is 9.10. The second-order valence-corrected chi connectivity index (χ2v) is 10.1. The van der Waals surface area contributed by atoms with Crippen molar-refractivity contribution in [3.63, 3.8) is 0 Å². The molecule has 6 heteroatoms. The fourth-order valence-electron chi connectivity index (χ4n) is 5.14. The van der Waals surface area contributed by atoms with E-state index in [1.165, 1.54) is 12.8 Å². The second-order valence-electron chi connectivity index (χ2n) is 9.14. The second kappa shape index (κ2) is 8.56. The van der Waals surface area contributed by atoms with Gasteiger partial charge in [0.05, 0.1) is 22.9 Å². The molecule has 1 atom stereocenters. The minimum Gasteiger partial charge on any atom is -0.381 e. The first-order valence-corrected chi connectivity index (χ1v) is 12.1. The molecule has 5 nitrogen and oxygen atoms in total. The lowest BCUT2D eigenvalue weighted by atomic mass is 9.89. The summed E-state index contributed by atoms with van der Waals surface area (Å²) in [4.78, 5) is 20.2. The quantitative estimate of drug-likeness (QED) is 0.598. The lowest BCUT2D eigenvalue weighted by molar-refractivity contribution is 0.0947. The number of rotatable bonds is 6. The number of halogens is 1. The van der Waals surface area contributed by atoms with E-state index < -0.39 is 0 Å². The van der Waals surface area contributed by atoms with Crippen LogP contribution in [0.4, 0.5) is 5.69 Å². The van der Waals surface area contributed by atoms with E-state index in [4.69, 9.17) is 4.74 Å². The Hall–Kier alpha value is -1.50. The normalized spacial score (nSPS) is 27.5. The van der Waals surface area contributed by atoms with E-state index in [2.05, 4.69) is 37.2 Å². The maximum Gasteiger partial charge on any atom is 0.169 e. The molecule has 5 rings (SSSR count). The molecule has 2 aromatic rings. The van der Waals surface area contributed by atoms with E-state index in [0.717, 1.165) is 71.8 Å². The number of ether oxygens (including phenoxy) is 1. The number of fused-ring (bicyclic) bond motifs is 1. The Labute approximate surface area is 186 Å². The summed E-state index contributed by atoms with van der Waals surface area (Å²) in [6, 6.07) is 7.19. The van der Waals surface area contributed by atoms with Crippen LogP contribution in [-0.2, 0) is 4.74 Å². The summed E-state index contributed by atoms with van der Waals surface area (Å²) in [5.41, 5.74) is 2.69. The highest BCUT2D eigenvalue weighted by Crippen LogP contribution is 2.38. The molecule has 0 radical (unpaired) electrons. The number of Topliss-reactive ketones (excluding diaryl/α,β-unsaturated/α-hetero) is 1. The van der Waals surface area contributed by atoms with Gasteiger partial charge < -0.3 is 10.1 Å². The molecule has 160 valence electrons. The number of hydrogen-bond donors (Lipinski definition) is 1. The lowest BCUT2D eigenvalue weighted by Crippen LogP contribution is -2.40. The van der Waals surface area contributed by atoms with Gasteiger partial charge in [-0.15, -0.1) is 0 Å². The van der Waals surface area contributed by atoms with E-state index in [1.54, 1.807) is 6.20 Å². The molecular weight excluding hydrogens is 442 g/mol. The fourth-order valence-corrected chi connectivity index (χ4v) is 5.50. The molecule has 0 spiro atoms. The van der Waals surface area contributed by atoms with Gasteiger partial charge >= 0.3 is 0 Å². The maximum atomic E-state index is 13.0. The van der Waals surface area contributed by atoms with Gasteiger partial charge in [0.1, 0.15) is 0 Å². The van der Waals surface area contributed by atoms with Gasteiger partial charge in [-0.05, 0) is 63.1 Å². The fraction of sp³-hybridized carbons (Fsp3) is 0.583. The van der Waals surface area contributed by atoms with Crippen molar-refractivity contribution in [3.8, 4) is 0 Å². The average Bonchev–Trinajstić information content (AvgIpc) is 3.51. The Balaban J connectivity index is 1.34. The number of carbonyl (C=O) groups excluding carboxylic acids is 1. The van der Waals surface area contributed by atoms with E-state index in [1.807, 2.05) is 19.2 Å². The van der Waals surface area contributed by atoms with Crippen LogP contribution in [0.1, 0.15) is 55.3 Å². The number of carbonyl (C=O) groups is 1. The molecule has 2 heterocycles. The molecule has 1 N–H and O–H groups in total. The Bertz CT molecular complexity index is 937. The SMILES string of the molecule is COC1CCN(C2CCC(Nc3c(C(=O)C4CC4)cnc4ccc(Br)cc34)CC2)C1. The van der Waals surface area contributed by atoms with Gasteiger partial charge in [0, 0.05) is 54.3 Å². The zero-order valence-corrected chi connectivity index (χ0v) is 19.2. The van der Waals surface area contributed by atoms with Crippen LogP contribution in [-0.4, -0.2) is 54.1 Å². The van der Waals surface area contributed by atoms with Gasteiger partial charge in [-0.2, -0.15) is 0 Å². The first-order chi connectivity index (χ1) is 14.6. The predicted molar refractivity (Wildman–Crippen MR) is 123 cm³/mol. The van der Waals surface area contributed by atoms with Gasteiger partial charge in [0.15, 0.2) is 5.78 Å².